The Kier molecular flexibility index (Phi) is 6.37. The molecule has 0 spiro atoms. The average molecular weight is 396 g/mol. The highest BCUT2D eigenvalue weighted by Gasteiger charge is 2.62. The van der Waals surface area contributed by atoms with Crippen LogP contribution in [0.1, 0.15) is 38.2 Å². The second-order valence-electron chi connectivity index (χ2n) is 6.72. The highest BCUT2D eigenvalue weighted by molar-refractivity contribution is 5.87. The molecule has 1 aromatic carbocycles. The van der Waals surface area contributed by atoms with Gasteiger partial charge in [0.15, 0.2) is 11.2 Å². The molecule has 0 aromatic heterocycles. The first-order chi connectivity index (χ1) is 13.1. The molecule has 0 aliphatic heterocycles. The molecule has 0 radical (unpaired) electrons. The van der Waals surface area contributed by atoms with E-state index in [1.165, 1.54) is 24.3 Å². The fourth-order valence-corrected chi connectivity index (χ4v) is 3.51. The van der Waals surface area contributed by atoms with Gasteiger partial charge in [-0.1, -0.05) is 12.1 Å². The molecule has 1 aliphatic rings. The summed E-state index contributed by atoms with van der Waals surface area (Å²) in [6.07, 6.45) is -0.459. The number of ether oxygens (including phenoxy) is 2. The molecule has 154 valence electrons. The number of benzene rings is 1. The summed E-state index contributed by atoms with van der Waals surface area (Å²) in [5.74, 6) is -2.82. The molecule has 0 heterocycles. The summed E-state index contributed by atoms with van der Waals surface area (Å²) in [6, 6.07) is 3.73. The molecule has 1 saturated carbocycles. The van der Waals surface area contributed by atoms with Gasteiger partial charge < -0.3 is 25.4 Å². The third kappa shape index (κ3) is 3.84. The standard InChI is InChI=1S/C18H24N2O8/c1-3-27-15(21)17(23)9-12(11-5-7-13(8-6-11)20(25)26)10-18(24,14(17)19)16(22)28-4-2/h5-8,12,14,23-24H,3-4,9-10,19H2,1-2H3/t12?,14?,17-,18+. The molecule has 1 aromatic rings. The van der Waals surface area contributed by atoms with Crippen LogP contribution in [0.15, 0.2) is 24.3 Å². The number of aliphatic hydroxyl groups is 2. The summed E-state index contributed by atoms with van der Waals surface area (Å²) in [4.78, 5) is 35.1. The normalized spacial score (nSPS) is 29.8. The maximum Gasteiger partial charge on any atom is 0.339 e. The number of nitro benzene ring substituents is 1. The van der Waals surface area contributed by atoms with Crippen LogP contribution in [0.4, 0.5) is 5.69 Å². The predicted octanol–water partition coefficient (Wildman–Crippen LogP) is 0.388. The molecule has 1 fully saturated rings. The molecule has 10 heteroatoms. The second kappa shape index (κ2) is 8.21. The Bertz CT molecular complexity index is 718. The Morgan fingerprint density at radius 3 is 1.89 bits per heavy atom. The van der Waals surface area contributed by atoms with E-state index in [9.17, 15) is 29.9 Å². The number of esters is 2. The van der Waals surface area contributed by atoms with E-state index in [4.69, 9.17) is 15.2 Å². The molecule has 2 unspecified atom stereocenters. The van der Waals surface area contributed by atoms with Crippen LogP contribution in [0.5, 0.6) is 0 Å². The van der Waals surface area contributed by atoms with Crippen molar-refractivity contribution < 1.29 is 34.2 Å². The van der Waals surface area contributed by atoms with Gasteiger partial charge in [0.25, 0.3) is 5.69 Å². The molecule has 10 nitrogen and oxygen atoms in total. The molecular weight excluding hydrogens is 372 g/mol. The van der Waals surface area contributed by atoms with Crippen molar-refractivity contribution in [2.24, 2.45) is 5.73 Å². The van der Waals surface area contributed by atoms with Crippen molar-refractivity contribution in [2.45, 2.75) is 49.9 Å². The molecule has 4 N–H and O–H groups in total. The maximum atomic E-state index is 12.4. The van der Waals surface area contributed by atoms with Crippen molar-refractivity contribution in [3.05, 3.63) is 39.9 Å². The van der Waals surface area contributed by atoms with Gasteiger partial charge in [-0.15, -0.1) is 0 Å². The number of carbonyl (C=O) groups is 2. The lowest BCUT2D eigenvalue weighted by molar-refractivity contribution is -0.384. The zero-order valence-corrected chi connectivity index (χ0v) is 15.7. The molecule has 1 aliphatic carbocycles. The van der Waals surface area contributed by atoms with E-state index in [2.05, 4.69) is 0 Å². The van der Waals surface area contributed by atoms with Crippen LogP contribution in [0.25, 0.3) is 0 Å². The Labute approximate surface area is 161 Å². The molecule has 0 bridgehead atoms. The van der Waals surface area contributed by atoms with Crippen molar-refractivity contribution in [1.29, 1.82) is 0 Å². The van der Waals surface area contributed by atoms with Gasteiger partial charge in [-0.2, -0.15) is 0 Å². The fraction of sp³-hybridized carbons (Fsp3) is 0.556. The number of non-ortho nitro benzene ring substituents is 1. The van der Waals surface area contributed by atoms with Gasteiger partial charge in [0.2, 0.25) is 0 Å². The Morgan fingerprint density at radius 1 is 1.11 bits per heavy atom. The summed E-state index contributed by atoms with van der Waals surface area (Å²) in [5.41, 5.74) is 1.62. The fourth-order valence-electron chi connectivity index (χ4n) is 3.51. The average Bonchev–Trinajstić information content (AvgIpc) is 2.66. The van der Waals surface area contributed by atoms with Crippen molar-refractivity contribution in [2.75, 3.05) is 13.2 Å². The van der Waals surface area contributed by atoms with Crippen LogP contribution in [0, 0.1) is 10.1 Å². The molecule has 0 amide bonds. The lowest BCUT2D eigenvalue weighted by Crippen LogP contribution is -2.71. The number of hydrogen-bond acceptors (Lipinski definition) is 9. The number of nitrogens with zero attached hydrogens (tertiary/aromatic N) is 1. The Balaban J connectivity index is 2.47. The lowest BCUT2D eigenvalue weighted by atomic mass is 9.64. The molecule has 28 heavy (non-hydrogen) atoms. The topological polar surface area (TPSA) is 162 Å². The SMILES string of the molecule is CCOC(=O)[C@]1(O)CC(c2ccc([N+](=O)[O-])cc2)C[C@](O)(C(=O)OCC)C1N. The summed E-state index contributed by atoms with van der Waals surface area (Å²) in [7, 11) is 0. The van der Waals surface area contributed by atoms with E-state index in [0.29, 0.717) is 5.56 Å². The van der Waals surface area contributed by atoms with Crippen LogP contribution < -0.4 is 5.73 Å². The minimum atomic E-state index is -2.35. The van der Waals surface area contributed by atoms with E-state index >= 15 is 0 Å². The monoisotopic (exact) mass is 396 g/mol. The Morgan fingerprint density at radius 2 is 1.54 bits per heavy atom. The number of hydrogen-bond donors (Lipinski definition) is 3. The first kappa shape index (κ1) is 21.7. The summed E-state index contributed by atoms with van der Waals surface area (Å²) in [6.45, 7) is 3.02. The Hall–Kier alpha value is -2.56. The van der Waals surface area contributed by atoms with Crippen LogP contribution in [0.2, 0.25) is 0 Å². The van der Waals surface area contributed by atoms with Crippen LogP contribution in [-0.4, -0.2) is 57.5 Å². The van der Waals surface area contributed by atoms with Crippen LogP contribution in [0.3, 0.4) is 0 Å². The third-order valence-corrected chi connectivity index (χ3v) is 4.98. The van der Waals surface area contributed by atoms with E-state index in [-0.39, 0.29) is 31.7 Å². The number of carbonyl (C=O) groups excluding carboxylic acids is 2. The zero-order valence-electron chi connectivity index (χ0n) is 15.7. The van der Waals surface area contributed by atoms with E-state index in [0.717, 1.165) is 0 Å². The highest BCUT2D eigenvalue weighted by atomic mass is 16.6. The first-order valence-corrected chi connectivity index (χ1v) is 8.89. The first-order valence-electron chi connectivity index (χ1n) is 8.89. The third-order valence-electron chi connectivity index (χ3n) is 4.98. The minimum Gasteiger partial charge on any atom is -0.464 e. The quantitative estimate of drug-likeness (QED) is 0.350. The van der Waals surface area contributed by atoms with Crippen LogP contribution in [-0.2, 0) is 19.1 Å². The van der Waals surface area contributed by atoms with Gasteiger partial charge in [0.1, 0.15) is 0 Å². The van der Waals surface area contributed by atoms with Crippen molar-refractivity contribution >= 4 is 17.6 Å². The number of nitro groups is 1. The smallest absolute Gasteiger partial charge is 0.339 e. The predicted molar refractivity (Wildman–Crippen MR) is 96.2 cm³/mol. The zero-order chi connectivity index (χ0) is 21.1. The van der Waals surface area contributed by atoms with Crippen molar-refractivity contribution in [3.63, 3.8) is 0 Å². The number of nitrogens with two attached hydrogens (primary N) is 1. The largest absolute Gasteiger partial charge is 0.464 e. The van der Waals surface area contributed by atoms with Gasteiger partial charge in [-0.3, -0.25) is 10.1 Å². The van der Waals surface area contributed by atoms with Crippen molar-refractivity contribution in [1.82, 2.24) is 0 Å². The lowest BCUT2D eigenvalue weighted by Gasteiger charge is -2.47. The highest BCUT2D eigenvalue weighted by Crippen LogP contribution is 2.44. The minimum absolute atomic E-state index is 0.0338. The van der Waals surface area contributed by atoms with Gasteiger partial charge in [0.05, 0.1) is 24.2 Å². The molecule has 2 rings (SSSR count). The molecule has 4 atom stereocenters. The van der Waals surface area contributed by atoms with Crippen LogP contribution >= 0.6 is 0 Å². The van der Waals surface area contributed by atoms with E-state index in [1.807, 2.05) is 0 Å². The molecule has 0 saturated heterocycles. The number of rotatable bonds is 6. The second-order valence-corrected chi connectivity index (χ2v) is 6.72. The van der Waals surface area contributed by atoms with Gasteiger partial charge in [0, 0.05) is 12.1 Å². The summed E-state index contributed by atoms with van der Waals surface area (Å²) >= 11 is 0. The molecular formula is C18H24N2O8. The van der Waals surface area contributed by atoms with Crippen molar-refractivity contribution in [3.8, 4) is 0 Å². The van der Waals surface area contributed by atoms with Gasteiger partial charge in [-0.25, -0.2) is 9.59 Å². The summed E-state index contributed by atoms with van der Waals surface area (Å²) in [5, 5.41) is 32.8. The van der Waals surface area contributed by atoms with E-state index in [1.54, 1.807) is 13.8 Å². The van der Waals surface area contributed by atoms with Gasteiger partial charge >= 0.3 is 11.9 Å². The van der Waals surface area contributed by atoms with E-state index < -0.39 is 40.0 Å². The van der Waals surface area contributed by atoms with Gasteiger partial charge in [-0.05, 0) is 38.2 Å². The summed E-state index contributed by atoms with van der Waals surface area (Å²) < 4.78 is 9.80. The maximum absolute atomic E-state index is 12.4.